The van der Waals surface area contributed by atoms with Crippen LogP contribution in [-0.2, 0) is 20.8 Å². The number of aromatic nitrogens is 1. The number of phenols is 3. The van der Waals surface area contributed by atoms with E-state index in [0.717, 1.165) is 41.5 Å². The minimum atomic E-state index is -1.26. The standard InChI is InChI=1S/C18H19N3O3S.C15H10O6.C4H4O4/c1-21(16-4-2-3-9-19-16)10-11-24-14-7-5-13(6-8-14)12-15-17(22)20-18(23)25-15;16-8-2-3-9-12(6-8)21-15(14(20)13(9)19)7-1-4-10(17)11(18)5-7;5-3(6)1-2-4(7)8/h2-9,15H,10-12H2,1H3,(H,20,22,23);1-6,16-18,20H;1-2H,(H,5,6)(H,7,8)/b;;2-1-. The first-order chi connectivity index (χ1) is 25.7. The molecule has 1 atom stereocenters. The lowest BCUT2D eigenvalue weighted by Crippen LogP contribution is -2.25. The van der Waals surface area contributed by atoms with Gasteiger partial charge in [-0.2, -0.15) is 0 Å². The molecule has 6 rings (SSSR count). The Hall–Kier alpha value is -7.01. The zero-order chi connectivity index (χ0) is 39.4. The van der Waals surface area contributed by atoms with Crippen molar-refractivity contribution in [3.63, 3.8) is 0 Å². The molecule has 1 unspecified atom stereocenters. The van der Waals surface area contributed by atoms with E-state index in [1.54, 1.807) is 6.20 Å². The van der Waals surface area contributed by atoms with Gasteiger partial charge in [-0.1, -0.05) is 30.0 Å². The molecule has 3 heterocycles. The average Bonchev–Trinajstić information content (AvgIpc) is 3.47. The third kappa shape index (κ3) is 11.2. The number of amides is 2. The number of carboxylic acid groups (broad SMARTS) is 2. The second-order valence-corrected chi connectivity index (χ2v) is 12.4. The van der Waals surface area contributed by atoms with Crippen LogP contribution in [0, 0.1) is 0 Å². The first-order valence-corrected chi connectivity index (χ1v) is 16.6. The van der Waals surface area contributed by atoms with E-state index in [1.165, 1.54) is 30.3 Å². The molecule has 1 saturated heterocycles. The van der Waals surface area contributed by atoms with Gasteiger partial charge in [0.2, 0.25) is 17.1 Å². The van der Waals surface area contributed by atoms with Crippen LogP contribution < -0.4 is 20.4 Å². The normalized spacial score (nSPS) is 13.3. The van der Waals surface area contributed by atoms with E-state index in [9.17, 15) is 44.4 Å². The van der Waals surface area contributed by atoms with Gasteiger partial charge < -0.3 is 44.7 Å². The minimum absolute atomic E-state index is 0.0872. The Morgan fingerprint density at radius 1 is 0.907 bits per heavy atom. The van der Waals surface area contributed by atoms with Gasteiger partial charge in [0.25, 0.3) is 5.24 Å². The summed E-state index contributed by atoms with van der Waals surface area (Å²) >= 11 is 1.05. The van der Waals surface area contributed by atoms with E-state index in [1.807, 2.05) is 54.4 Å². The van der Waals surface area contributed by atoms with E-state index < -0.39 is 28.9 Å². The summed E-state index contributed by atoms with van der Waals surface area (Å²) in [6.07, 6.45) is 3.41. The molecule has 54 heavy (non-hydrogen) atoms. The molecule has 16 nitrogen and oxygen atoms in total. The van der Waals surface area contributed by atoms with Gasteiger partial charge in [0.1, 0.15) is 29.5 Å². The molecule has 7 N–H and O–H groups in total. The highest BCUT2D eigenvalue weighted by atomic mass is 32.2. The number of thioether (sulfide) groups is 1. The fourth-order valence-electron chi connectivity index (χ4n) is 4.63. The fraction of sp³-hybridized carbons (Fsp3) is 0.135. The fourth-order valence-corrected chi connectivity index (χ4v) is 5.49. The van der Waals surface area contributed by atoms with Gasteiger partial charge in [-0.05, 0) is 66.6 Å². The topological polar surface area (TPSA) is 257 Å². The molecule has 17 heteroatoms. The summed E-state index contributed by atoms with van der Waals surface area (Å²) in [6.45, 7) is 1.27. The van der Waals surface area contributed by atoms with Crippen LogP contribution in [0.1, 0.15) is 5.56 Å². The number of benzene rings is 3. The number of carbonyl (C=O) groups is 4. The highest BCUT2D eigenvalue weighted by Crippen LogP contribution is 2.35. The lowest BCUT2D eigenvalue weighted by atomic mass is 10.1. The summed E-state index contributed by atoms with van der Waals surface area (Å²) in [4.78, 5) is 60.3. The van der Waals surface area contributed by atoms with Gasteiger partial charge in [-0.25, -0.2) is 14.6 Å². The van der Waals surface area contributed by atoms with Crippen molar-refractivity contribution >= 4 is 51.6 Å². The number of aliphatic carboxylic acids is 2. The van der Waals surface area contributed by atoms with E-state index in [4.69, 9.17) is 19.4 Å². The maximum absolute atomic E-state index is 12.1. The number of likely N-dealkylation sites (N-methyl/N-ethyl adjacent to an activating group) is 1. The number of pyridine rings is 1. The van der Waals surface area contributed by atoms with Crippen molar-refractivity contribution in [2.45, 2.75) is 11.7 Å². The molecular formula is C37H33N3O13S. The Bertz CT molecular complexity index is 2210. The maximum Gasteiger partial charge on any atom is 0.328 e. The highest BCUT2D eigenvalue weighted by Gasteiger charge is 2.31. The van der Waals surface area contributed by atoms with Crippen molar-refractivity contribution in [3.8, 4) is 40.1 Å². The molecule has 5 aromatic rings. The lowest BCUT2D eigenvalue weighted by Gasteiger charge is -2.18. The van der Waals surface area contributed by atoms with Crippen LogP contribution in [0.25, 0.3) is 22.3 Å². The number of phenolic OH excluding ortho intramolecular Hbond substituents is 3. The van der Waals surface area contributed by atoms with Crippen LogP contribution >= 0.6 is 11.8 Å². The molecule has 1 fully saturated rings. The number of anilines is 1. The predicted molar refractivity (Wildman–Crippen MR) is 197 cm³/mol. The van der Waals surface area contributed by atoms with Crippen molar-refractivity contribution in [1.82, 2.24) is 10.3 Å². The molecule has 1 aliphatic rings. The number of hydrogen-bond acceptors (Lipinski definition) is 14. The number of aromatic hydroxyl groups is 4. The molecule has 3 aromatic carbocycles. The van der Waals surface area contributed by atoms with Gasteiger partial charge in [0.05, 0.1) is 17.2 Å². The summed E-state index contributed by atoms with van der Waals surface area (Å²) in [5.74, 6) is -2.65. The molecule has 0 bridgehead atoms. The van der Waals surface area contributed by atoms with Crippen LogP contribution in [0.5, 0.6) is 28.7 Å². The Morgan fingerprint density at radius 3 is 2.20 bits per heavy atom. The van der Waals surface area contributed by atoms with E-state index >= 15 is 0 Å². The summed E-state index contributed by atoms with van der Waals surface area (Å²) < 4.78 is 11.2. The second-order valence-electron chi connectivity index (χ2n) is 11.2. The van der Waals surface area contributed by atoms with Crippen LogP contribution in [0.3, 0.4) is 0 Å². The third-order valence-electron chi connectivity index (χ3n) is 7.31. The monoisotopic (exact) mass is 759 g/mol. The molecule has 0 aliphatic carbocycles. The quantitative estimate of drug-likeness (QED) is 0.0765. The number of hydrogen-bond donors (Lipinski definition) is 7. The number of carboxylic acids is 2. The number of nitrogens with zero attached hydrogens (tertiary/aromatic N) is 2. The summed E-state index contributed by atoms with van der Waals surface area (Å²) in [5.41, 5.74) is 0.657. The zero-order valence-electron chi connectivity index (χ0n) is 28.3. The summed E-state index contributed by atoms with van der Waals surface area (Å²) in [5, 5.41) is 55.6. The molecule has 0 spiro atoms. The number of carbonyl (C=O) groups excluding carboxylic acids is 2. The van der Waals surface area contributed by atoms with Gasteiger partial charge >= 0.3 is 11.9 Å². The first kappa shape index (κ1) is 39.8. The molecular weight excluding hydrogens is 726 g/mol. The number of ether oxygens (including phenoxy) is 1. The van der Waals surface area contributed by atoms with Crippen molar-refractivity contribution in [1.29, 1.82) is 0 Å². The SMILES string of the molecule is CN(CCOc1ccc(CC2SC(=O)NC2=O)cc1)c1ccccn1.O=C(O)/C=C\C(=O)O.O=c1c(O)c(-c2ccc(O)c(O)c2)oc2cc(O)ccc12. The zero-order valence-corrected chi connectivity index (χ0v) is 29.1. The molecule has 2 aromatic heterocycles. The summed E-state index contributed by atoms with van der Waals surface area (Å²) in [6, 6.07) is 21.1. The molecule has 1 aliphatic heterocycles. The van der Waals surface area contributed by atoms with Crippen molar-refractivity contribution in [2.24, 2.45) is 0 Å². The lowest BCUT2D eigenvalue weighted by molar-refractivity contribution is -0.134. The van der Waals surface area contributed by atoms with Gasteiger partial charge in [0, 0.05) is 37.0 Å². The van der Waals surface area contributed by atoms with E-state index in [2.05, 4.69) is 10.3 Å². The van der Waals surface area contributed by atoms with Crippen LogP contribution in [0.4, 0.5) is 10.6 Å². The predicted octanol–water partition coefficient (Wildman–Crippen LogP) is 4.49. The average molecular weight is 760 g/mol. The molecule has 2 amide bonds. The van der Waals surface area contributed by atoms with Crippen LogP contribution in [0.15, 0.2) is 106 Å². The Morgan fingerprint density at radius 2 is 1.61 bits per heavy atom. The Kier molecular flexibility index (Phi) is 13.6. The Balaban J connectivity index is 0.000000203. The molecule has 0 saturated carbocycles. The number of imide groups is 1. The van der Waals surface area contributed by atoms with Crippen molar-refractivity contribution < 1.29 is 59.0 Å². The third-order valence-corrected chi connectivity index (χ3v) is 8.29. The number of nitrogens with one attached hydrogen (secondary N) is 1. The first-order valence-electron chi connectivity index (χ1n) is 15.7. The minimum Gasteiger partial charge on any atom is -0.508 e. The molecule has 280 valence electrons. The van der Waals surface area contributed by atoms with Crippen LogP contribution in [0.2, 0.25) is 0 Å². The van der Waals surface area contributed by atoms with E-state index in [0.29, 0.717) is 25.2 Å². The van der Waals surface area contributed by atoms with Crippen molar-refractivity contribution in [3.05, 3.63) is 113 Å². The summed E-state index contributed by atoms with van der Waals surface area (Å²) in [7, 11) is 1.97. The molecule has 0 radical (unpaired) electrons. The second kappa shape index (κ2) is 18.5. The van der Waals surface area contributed by atoms with E-state index in [-0.39, 0.29) is 50.2 Å². The maximum atomic E-state index is 12.1. The Labute approximate surface area is 310 Å². The van der Waals surface area contributed by atoms with Crippen molar-refractivity contribution in [2.75, 3.05) is 25.1 Å². The highest BCUT2D eigenvalue weighted by molar-refractivity contribution is 8.15. The van der Waals surface area contributed by atoms with Gasteiger partial charge in [-0.15, -0.1) is 0 Å². The van der Waals surface area contributed by atoms with Gasteiger partial charge in [0.15, 0.2) is 17.3 Å². The van der Waals surface area contributed by atoms with Gasteiger partial charge in [-0.3, -0.25) is 19.7 Å². The smallest absolute Gasteiger partial charge is 0.328 e. The largest absolute Gasteiger partial charge is 0.508 e. The van der Waals surface area contributed by atoms with Crippen LogP contribution in [-0.4, -0.2) is 84.2 Å². The number of rotatable bonds is 10. The number of fused-ring (bicyclic) bond motifs is 1.